The second-order valence-corrected chi connectivity index (χ2v) is 4.29. The molecule has 18 heavy (non-hydrogen) atoms. The van der Waals surface area contributed by atoms with Crippen LogP contribution in [0.3, 0.4) is 0 Å². The maximum Gasteiger partial charge on any atom is 0.291 e. The highest BCUT2D eigenvalue weighted by molar-refractivity contribution is 5.93. The number of hydrogen-bond acceptors (Lipinski definition) is 4. The van der Waals surface area contributed by atoms with Gasteiger partial charge in [-0.25, -0.2) is 4.98 Å². The third kappa shape index (κ3) is 3.54. The molecule has 100 valence electrons. The Kier molecular flexibility index (Phi) is 4.82. The maximum atomic E-state index is 11.7. The van der Waals surface area contributed by atoms with Gasteiger partial charge in [0.25, 0.3) is 5.91 Å². The van der Waals surface area contributed by atoms with Crippen molar-refractivity contribution in [1.82, 2.24) is 25.4 Å². The first-order valence-corrected chi connectivity index (χ1v) is 5.90. The van der Waals surface area contributed by atoms with Gasteiger partial charge in [-0.1, -0.05) is 13.8 Å². The van der Waals surface area contributed by atoms with Crippen LogP contribution in [0.15, 0.2) is 0 Å². The molecule has 0 spiro atoms. The Morgan fingerprint density at radius 1 is 1.44 bits per heavy atom. The lowest BCUT2D eigenvalue weighted by atomic mass is 10.2. The number of nitrogens with one attached hydrogen (secondary N) is 2. The van der Waals surface area contributed by atoms with Crippen molar-refractivity contribution in [2.75, 3.05) is 20.1 Å². The summed E-state index contributed by atoms with van der Waals surface area (Å²) >= 11 is 0. The maximum absolute atomic E-state index is 11.7. The molecule has 1 aromatic heterocycles. The zero-order valence-corrected chi connectivity index (χ0v) is 11.1. The van der Waals surface area contributed by atoms with Gasteiger partial charge in [-0.15, -0.1) is 5.10 Å². The first-order valence-electron chi connectivity index (χ1n) is 5.90. The summed E-state index contributed by atoms with van der Waals surface area (Å²) in [6.45, 7) is 6.31. The number of hydrogen-bond donors (Lipinski definition) is 2. The molecule has 0 radical (unpaired) electrons. The van der Waals surface area contributed by atoms with Crippen LogP contribution < -0.4 is 5.32 Å². The van der Waals surface area contributed by atoms with Crippen molar-refractivity contribution < 1.29 is 9.59 Å². The zero-order chi connectivity index (χ0) is 13.7. The number of carbonyl (C=O) groups is 2. The molecule has 1 rings (SSSR count). The topological polar surface area (TPSA) is 91.0 Å². The van der Waals surface area contributed by atoms with Crippen LogP contribution in [0.5, 0.6) is 0 Å². The summed E-state index contributed by atoms with van der Waals surface area (Å²) in [4.78, 5) is 28.7. The predicted molar refractivity (Wildman–Crippen MR) is 66.1 cm³/mol. The van der Waals surface area contributed by atoms with Gasteiger partial charge in [0.15, 0.2) is 0 Å². The summed E-state index contributed by atoms with van der Waals surface area (Å²) in [6.07, 6.45) is 0. The number of aromatic nitrogens is 3. The monoisotopic (exact) mass is 253 g/mol. The Hall–Kier alpha value is -1.92. The smallest absolute Gasteiger partial charge is 0.291 e. The summed E-state index contributed by atoms with van der Waals surface area (Å²) in [7, 11) is 1.68. The van der Waals surface area contributed by atoms with Gasteiger partial charge >= 0.3 is 0 Å². The number of nitrogens with zero attached hydrogens (tertiary/aromatic N) is 3. The van der Waals surface area contributed by atoms with E-state index in [9.17, 15) is 9.59 Å². The molecule has 0 atom stereocenters. The van der Waals surface area contributed by atoms with Gasteiger partial charge in [-0.2, -0.15) is 0 Å². The highest BCUT2D eigenvalue weighted by atomic mass is 16.2. The van der Waals surface area contributed by atoms with E-state index < -0.39 is 5.91 Å². The third-order valence-electron chi connectivity index (χ3n) is 2.55. The fraction of sp³-hybridized carbons (Fsp3) is 0.636. The molecular formula is C11H19N5O2. The second-order valence-electron chi connectivity index (χ2n) is 4.29. The number of amides is 2. The molecule has 0 aliphatic rings. The van der Waals surface area contributed by atoms with Crippen LogP contribution in [0.2, 0.25) is 0 Å². The lowest BCUT2D eigenvalue weighted by molar-refractivity contribution is -0.128. The molecule has 2 amide bonds. The highest BCUT2D eigenvalue weighted by Crippen LogP contribution is 2.07. The standard InChI is InChI=1S/C11H19N5O2/c1-5-16(4)8(17)6-12-11(18)10-13-9(7(2)3)14-15-10/h7H,5-6H2,1-4H3,(H,12,18)(H,13,14,15). The highest BCUT2D eigenvalue weighted by Gasteiger charge is 2.15. The van der Waals surface area contributed by atoms with Crippen LogP contribution in [0.4, 0.5) is 0 Å². The van der Waals surface area contributed by atoms with Crippen molar-refractivity contribution in [3.05, 3.63) is 11.6 Å². The van der Waals surface area contributed by atoms with Gasteiger partial charge in [0.05, 0.1) is 6.54 Å². The molecule has 0 aliphatic carbocycles. The van der Waals surface area contributed by atoms with E-state index in [0.717, 1.165) is 0 Å². The van der Waals surface area contributed by atoms with Gasteiger partial charge in [0.1, 0.15) is 5.82 Å². The van der Waals surface area contributed by atoms with Crippen LogP contribution in [0.25, 0.3) is 0 Å². The van der Waals surface area contributed by atoms with E-state index >= 15 is 0 Å². The molecule has 1 aromatic rings. The van der Waals surface area contributed by atoms with Crippen LogP contribution in [-0.4, -0.2) is 52.0 Å². The van der Waals surface area contributed by atoms with Gasteiger partial charge < -0.3 is 10.2 Å². The summed E-state index contributed by atoms with van der Waals surface area (Å²) in [5.74, 6) is 0.288. The summed E-state index contributed by atoms with van der Waals surface area (Å²) in [5.41, 5.74) is 0. The minimum Gasteiger partial charge on any atom is -0.345 e. The van der Waals surface area contributed by atoms with Crippen molar-refractivity contribution >= 4 is 11.8 Å². The summed E-state index contributed by atoms with van der Waals surface area (Å²) in [6, 6.07) is 0. The number of carbonyl (C=O) groups excluding carboxylic acids is 2. The van der Waals surface area contributed by atoms with Crippen molar-refractivity contribution in [3.8, 4) is 0 Å². The SMILES string of the molecule is CCN(C)C(=O)CNC(=O)c1n[nH]c(C(C)C)n1. The Balaban J connectivity index is 2.52. The molecule has 1 heterocycles. The molecule has 0 aromatic carbocycles. The summed E-state index contributed by atoms with van der Waals surface area (Å²) < 4.78 is 0. The first kappa shape index (κ1) is 14.1. The zero-order valence-electron chi connectivity index (χ0n) is 11.1. The van der Waals surface area contributed by atoms with Crippen LogP contribution in [-0.2, 0) is 4.79 Å². The average Bonchev–Trinajstić information content (AvgIpc) is 2.84. The van der Waals surface area contributed by atoms with Crippen LogP contribution >= 0.6 is 0 Å². The van der Waals surface area contributed by atoms with E-state index in [0.29, 0.717) is 12.4 Å². The molecular weight excluding hydrogens is 234 g/mol. The Bertz CT molecular complexity index is 427. The van der Waals surface area contributed by atoms with Gasteiger partial charge in [-0.3, -0.25) is 14.7 Å². The normalized spacial score (nSPS) is 10.5. The first-order chi connectivity index (χ1) is 8.45. The molecule has 0 fully saturated rings. The minimum absolute atomic E-state index is 0.0469. The fourth-order valence-corrected chi connectivity index (χ4v) is 1.18. The Morgan fingerprint density at radius 2 is 2.11 bits per heavy atom. The Labute approximate surface area is 106 Å². The average molecular weight is 253 g/mol. The molecule has 0 saturated heterocycles. The predicted octanol–water partition coefficient (Wildman–Crippen LogP) is 0.136. The van der Waals surface area contributed by atoms with Crippen molar-refractivity contribution in [1.29, 1.82) is 0 Å². The lowest BCUT2D eigenvalue weighted by Crippen LogP contribution is -2.38. The van der Waals surface area contributed by atoms with Crippen LogP contribution in [0, 0.1) is 0 Å². The van der Waals surface area contributed by atoms with E-state index in [1.54, 1.807) is 7.05 Å². The fourth-order valence-electron chi connectivity index (χ4n) is 1.18. The molecule has 0 aliphatic heterocycles. The van der Waals surface area contributed by atoms with E-state index in [-0.39, 0.29) is 24.2 Å². The van der Waals surface area contributed by atoms with Crippen molar-refractivity contribution in [2.24, 2.45) is 0 Å². The van der Waals surface area contributed by atoms with E-state index in [4.69, 9.17) is 0 Å². The molecule has 2 N–H and O–H groups in total. The van der Waals surface area contributed by atoms with Crippen molar-refractivity contribution in [3.63, 3.8) is 0 Å². The van der Waals surface area contributed by atoms with Gasteiger partial charge in [-0.05, 0) is 6.92 Å². The molecule has 7 heteroatoms. The van der Waals surface area contributed by atoms with Crippen LogP contribution in [0.1, 0.15) is 43.1 Å². The molecule has 0 saturated carbocycles. The number of likely N-dealkylation sites (N-methyl/N-ethyl adjacent to an activating group) is 1. The molecule has 0 unspecified atom stereocenters. The quantitative estimate of drug-likeness (QED) is 0.780. The number of rotatable bonds is 5. The van der Waals surface area contributed by atoms with Gasteiger partial charge in [0.2, 0.25) is 11.7 Å². The van der Waals surface area contributed by atoms with Crippen molar-refractivity contribution in [2.45, 2.75) is 26.7 Å². The minimum atomic E-state index is -0.448. The second kappa shape index (κ2) is 6.13. The molecule has 0 bridgehead atoms. The molecule has 7 nitrogen and oxygen atoms in total. The van der Waals surface area contributed by atoms with E-state index in [2.05, 4.69) is 20.5 Å². The third-order valence-corrected chi connectivity index (χ3v) is 2.55. The number of aromatic amines is 1. The van der Waals surface area contributed by atoms with E-state index in [1.165, 1.54) is 4.90 Å². The largest absolute Gasteiger partial charge is 0.345 e. The Morgan fingerprint density at radius 3 is 2.61 bits per heavy atom. The van der Waals surface area contributed by atoms with E-state index in [1.807, 2.05) is 20.8 Å². The number of H-pyrrole nitrogens is 1. The lowest BCUT2D eigenvalue weighted by Gasteiger charge is -2.14. The van der Waals surface area contributed by atoms with Gasteiger partial charge in [0, 0.05) is 19.5 Å². The summed E-state index contributed by atoms with van der Waals surface area (Å²) in [5, 5.41) is 8.99.